The van der Waals surface area contributed by atoms with Crippen LogP contribution in [-0.4, -0.2) is 31.4 Å². The summed E-state index contributed by atoms with van der Waals surface area (Å²) in [5.41, 5.74) is 3.29. The summed E-state index contributed by atoms with van der Waals surface area (Å²) in [7, 11) is 1.86. The number of amides is 1. The Balaban J connectivity index is 1.84. The van der Waals surface area contributed by atoms with Crippen molar-refractivity contribution in [3.05, 3.63) is 72.4 Å². The van der Waals surface area contributed by atoms with Crippen molar-refractivity contribution >= 4 is 5.91 Å². The van der Waals surface area contributed by atoms with Crippen molar-refractivity contribution in [1.82, 2.24) is 19.4 Å². The number of hydrogen-bond donors (Lipinski definition) is 0. The Morgan fingerprint density at radius 2 is 1.88 bits per heavy atom. The molecule has 0 atom stereocenters. The summed E-state index contributed by atoms with van der Waals surface area (Å²) in [6.45, 7) is 4.46. The summed E-state index contributed by atoms with van der Waals surface area (Å²) in [5.74, 6) is -0.0810. The minimum atomic E-state index is -0.0810. The molecular weight excluding hydrogens is 312 g/mol. The number of rotatable bonds is 5. The van der Waals surface area contributed by atoms with Gasteiger partial charge in [-0.15, -0.1) is 0 Å². The van der Waals surface area contributed by atoms with Crippen LogP contribution in [0.5, 0.6) is 0 Å². The van der Waals surface area contributed by atoms with E-state index < -0.39 is 0 Å². The fraction of sp³-hybridized carbons (Fsp3) is 0.250. The summed E-state index contributed by atoms with van der Waals surface area (Å²) in [5, 5.41) is 0. The highest BCUT2D eigenvalue weighted by Crippen LogP contribution is 2.18. The van der Waals surface area contributed by atoms with Gasteiger partial charge in [0.25, 0.3) is 5.91 Å². The van der Waals surface area contributed by atoms with Crippen molar-refractivity contribution in [3.8, 4) is 11.3 Å². The number of nitrogens with zero attached hydrogens (tertiary/aromatic N) is 4. The second-order valence-corrected chi connectivity index (χ2v) is 6.33. The van der Waals surface area contributed by atoms with Crippen LogP contribution < -0.4 is 0 Å². The molecule has 0 saturated heterocycles. The summed E-state index contributed by atoms with van der Waals surface area (Å²) in [6.07, 6.45) is 3.38. The van der Waals surface area contributed by atoms with Crippen LogP contribution >= 0.6 is 0 Å². The van der Waals surface area contributed by atoms with Crippen molar-refractivity contribution in [2.75, 3.05) is 0 Å². The maximum atomic E-state index is 12.8. The third kappa shape index (κ3) is 3.94. The second kappa shape index (κ2) is 7.30. The third-order valence-electron chi connectivity index (χ3n) is 4.02. The molecule has 5 nitrogen and oxygen atoms in total. The van der Waals surface area contributed by atoms with Gasteiger partial charge in [0.05, 0.1) is 24.3 Å². The molecule has 0 spiro atoms. The quantitative estimate of drug-likeness (QED) is 0.717. The second-order valence-electron chi connectivity index (χ2n) is 6.33. The topological polar surface area (TPSA) is 51.0 Å². The number of aromatic nitrogens is 3. The molecule has 0 aliphatic carbocycles. The molecule has 0 bridgehead atoms. The van der Waals surface area contributed by atoms with Gasteiger partial charge in [-0.2, -0.15) is 0 Å². The minimum Gasteiger partial charge on any atom is -0.340 e. The maximum absolute atomic E-state index is 12.8. The van der Waals surface area contributed by atoms with Crippen LogP contribution in [-0.2, 0) is 13.6 Å². The van der Waals surface area contributed by atoms with Gasteiger partial charge in [0.15, 0.2) is 0 Å². The Kier molecular flexibility index (Phi) is 4.93. The van der Waals surface area contributed by atoms with E-state index in [0.717, 1.165) is 17.0 Å². The summed E-state index contributed by atoms with van der Waals surface area (Å²) >= 11 is 0. The molecule has 0 unspecified atom stereocenters. The highest BCUT2D eigenvalue weighted by molar-refractivity contribution is 5.92. The van der Waals surface area contributed by atoms with E-state index in [-0.39, 0.29) is 11.9 Å². The van der Waals surface area contributed by atoms with E-state index in [1.54, 1.807) is 22.0 Å². The average molecular weight is 334 g/mol. The molecule has 1 aromatic carbocycles. The monoisotopic (exact) mass is 334 g/mol. The number of carbonyl (C=O) groups excluding carboxylic acids is 1. The van der Waals surface area contributed by atoms with Crippen molar-refractivity contribution < 1.29 is 4.79 Å². The van der Waals surface area contributed by atoms with Crippen LogP contribution in [0.1, 0.15) is 30.0 Å². The standard InChI is InChI=1S/C20H22N4O/c1-15(2)24(20(25)19-13-23(3)14-21-19)12-17-10-7-11-18(22-17)16-8-5-4-6-9-16/h4-11,13-15H,12H2,1-3H3. The Hall–Kier alpha value is -2.95. The molecule has 3 aromatic rings. The molecule has 0 fully saturated rings. The van der Waals surface area contributed by atoms with Crippen molar-refractivity contribution in [2.45, 2.75) is 26.4 Å². The molecule has 5 heteroatoms. The fourth-order valence-corrected chi connectivity index (χ4v) is 2.67. The molecule has 0 saturated carbocycles. The van der Waals surface area contributed by atoms with Gasteiger partial charge in [-0.3, -0.25) is 9.78 Å². The molecule has 2 heterocycles. The first-order valence-corrected chi connectivity index (χ1v) is 8.35. The lowest BCUT2D eigenvalue weighted by Crippen LogP contribution is -2.36. The summed E-state index contributed by atoms with van der Waals surface area (Å²) in [6, 6.07) is 16.0. The zero-order chi connectivity index (χ0) is 17.8. The van der Waals surface area contributed by atoms with Crippen molar-refractivity contribution in [1.29, 1.82) is 0 Å². The highest BCUT2D eigenvalue weighted by atomic mass is 16.2. The normalized spacial score (nSPS) is 10.9. The highest BCUT2D eigenvalue weighted by Gasteiger charge is 2.21. The average Bonchev–Trinajstić information content (AvgIpc) is 3.06. The third-order valence-corrected chi connectivity index (χ3v) is 4.02. The first kappa shape index (κ1) is 16.9. The van der Waals surface area contributed by atoms with Gasteiger partial charge in [-0.1, -0.05) is 36.4 Å². The van der Waals surface area contributed by atoms with Crippen LogP contribution in [0.15, 0.2) is 61.1 Å². The van der Waals surface area contributed by atoms with Crippen LogP contribution in [0.3, 0.4) is 0 Å². The van der Waals surface area contributed by atoms with E-state index in [4.69, 9.17) is 4.98 Å². The van der Waals surface area contributed by atoms with Gasteiger partial charge >= 0.3 is 0 Å². The van der Waals surface area contributed by atoms with E-state index in [2.05, 4.69) is 4.98 Å². The zero-order valence-corrected chi connectivity index (χ0v) is 14.8. The fourth-order valence-electron chi connectivity index (χ4n) is 2.67. The van der Waals surface area contributed by atoms with Gasteiger partial charge < -0.3 is 9.47 Å². The van der Waals surface area contributed by atoms with Gasteiger partial charge in [0.2, 0.25) is 0 Å². The first-order valence-electron chi connectivity index (χ1n) is 8.35. The van der Waals surface area contributed by atoms with Crippen LogP contribution in [0, 0.1) is 0 Å². The number of imidazole rings is 1. The van der Waals surface area contributed by atoms with Crippen LogP contribution in [0.2, 0.25) is 0 Å². The Morgan fingerprint density at radius 1 is 1.12 bits per heavy atom. The van der Waals surface area contributed by atoms with Crippen LogP contribution in [0.25, 0.3) is 11.3 Å². The predicted octanol–water partition coefficient (Wildman–Crippen LogP) is 3.53. The predicted molar refractivity (Wildman–Crippen MR) is 97.9 cm³/mol. The maximum Gasteiger partial charge on any atom is 0.274 e. The lowest BCUT2D eigenvalue weighted by Gasteiger charge is -2.25. The largest absolute Gasteiger partial charge is 0.340 e. The van der Waals surface area contributed by atoms with Gasteiger partial charge in [-0.05, 0) is 26.0 Å². The van der Waals surface area contributed by atoms with Gasteiger partial charge in [-0.25, -0.2) is 4.98 Å². The zero-order valence-electron chi connectivity index (χ0n) is 14.8. The SMILES string of the molecule is CC(C)N(Cc1cccc(-c2ccccc2)n1)C(=O)c1cn(C)cn1. The minimum absolute atomic E-state index is 0.0525. The number of carbonyl (C=O) groups is 1. The molecule has 0 aliphatic heterocycles. The van der Waals surface area contributed by atoms with E-state index in [1.165, 1.54) is 0 Å². The van der Waals surface area contributed by atoms with Gasteiger partial charge in [0.1, 0.15) is 5.69 Å². The number of hydrogen-bond acceptors (Lipinski definition) is 3. The summed E-state index contributed by atoms with van der Waals surface area (Å²) in [4.78, 5) is 23.5. The van der Waals surface area contributed by atoms with E-state index in [9.17, 15) is 4.79 Å². The van der Waals surface area contributed by atoms with Crippen molar-refractivity contribution in [2.24, 2.45) is 7.05 Å². The molecular formula is C20H22N4O. The molecule has 25 heavy (non-hydrogen) atoms. The lowest BCUT2D eigenvalue weighted by atomic mass is 10.1. The number of pyridine rings is 1. The molecule has 1 amide bonds. The molecule has 0 N–H and O–H groups in total. The van der Waals surface area contributed by atoms with E-state index in [1.807, 2.05) is 69.4 Å². The Bertz CT molecular complexity index is 855. The number of benzene rings is 1. The van der Waals surface area contributed by atoms with E-state index in [0.29, 0.717) is 12.2 Å². The molecule has 0 radical (unpaired) electrons. The molecule has 3 rings (SSSR count). The Labute approximate surface area is 148 Å². The molecule has 0 aliphatic rings. The van der Waals surface area contributed by atoms with Crippen molar-refractivity contribution in [3.63, 3.8) is 0 Å². The lowest BCUT2D eigenvalue weighted by molar-refractivity contribution is 0.0682. The summed E-state index contributed by atoms with van der Waals surface area (Å²) < 4.78 is 1.78. The first-order chi connectivity index (χ1) is 12.0. The smallest absolute Gasteiger partial charge is 0.274 e. The van der Waals surface area contributed by atoms with Crippen LogP contribution in [0.4, 0.5) is 0 Å². The van der Waals surface area contributed by atoms with E-state index >= 15 is 0 Å². The molecule has 128 valence electrons. The molecule has 2 aromatic heterocycles. The van der Waals surface area contributed by atoms with Gasteiger partial charge in [0, 0.05) is 24.8 Å². The Morgan fingerprint density at radius 3 is 2.52 bits per heavy atom. The number of aryl methyl sites for hydroxylation is 1.